The Morgan fingerprint density at radius 3 is 1.21 bits per heavy atom. The van der Waals surface area contributed by atoms with E-state index in [0.29, 0.717) is 0 Å². The molecular weight excluding hydrogens is 368 g/mol. The molecule has 0 saturated heterocycles. The quantitative estimate of drug-likeness (QED) is 0.299. The van der Waals surface area contributed by atoms with Crippen molar-refractivity contribution < 1.29 is 0 Å². The first-order valence-corrected chi connectivity index (χ1v) is 10.5. The molecule has 0 aliphatic carbocycles. The highest BCUT2D eigenvalue weighted by Gasteiger charge is 2.05. The predicted octanol–water partition coefficient (Wildman–Crippen LogP) is 8.18. The Labute approximate surface area is 177 Å². The van der Waals surface area contributed by atoms with Gasteiger partial charge < -0.3 is 0 Å². The van der Waals surface area contributed by atoms with Crippen molar-refractivity contribution in [1.82, 2.24) is 0 Å². The summed E-state index contributed by atoms with van der Waals surface area (Å²) in [5, 5.41) is 0. The molecule has 1 heteroatoms. The highest BCUT2D eigenvalue weighted by atomic mass is 32.2. The molecular formula is C28H22S. The van der Waals surface area contributed by atoms with E-state index in [2.05, 4.69) is 121 Å². The minimum atomic E-state index is 1.21. The van der Waals surface area contributed by atoms with Crippen molar-refractivity contribution in [2.45, 2.75) is 9.79 Å². The monoisotopic (exact) mass is 390 g/mol. The van der Waals surface area contributed by atoms with Crippen LogP contribution in [0.1, 0.15) is 22.3 Å². The minimum absolute atomic E-state index is 1.21. The summed E-state index contributed by atoms with van der Waals surface area (Å²) in [4.78, 5) is 2.50. The number of rotatable bonds is 6. The molecule has 0 heterocycles. The van der Waals surface area contributed by atoms with Crippen LogP contribution >= 0.6 is 11.8 Å². The Morgan fingerprint density at radius 1 is 0.379 bits per heavy atom. The van der Waals surface area contributed by atoms with Crippen molar-refractivity contribution >= 4 is 36.1 Å². The SMILES string of the molecule is C(=Cc1ccccc1Sc1ccccc1C=Cc1ccccc1)c1ccccc1. The van der Waals surface area contributed by atoms with Gasteiger partial charge in [-0.25, -0.2) is 0 Å². The molecule has 0 fully saturated rings. The third-order valence-corrected chi connectivity index (χ3v) is 5.75. The first-order valence-electron chi connectivity index (χ1n) is 9.71. The maximum Gasteiger partial charge on any atom is 0.0195 e. The molecule has 0 atom stereocenters. The van der Waals surface area contributed by atoms with Gasteiger partial charge in [-0.15, -0.1) is 0 Å². The molecule has 0 aromatic heterocycles. The van der Waals surface area contributed by atoms with Crippen molar-refractivity contribution in [2.24, 2.45) is 0 Å². The third-order valence-electron chi connectivity index (χ3n) is 4.57. The van der Waals surface area contributed by atoms with Crippen molar-refractivity contribution in [3.8, 4) is 0 Å². The van der Waals surface area contributed by atoms with Gasteiger partial charge in [-0.1, -0.05) is 133 Å². The Kier molecular flexibility index (Phi) is 6.42. The Morgan fingerprint density at radius 2 is 0.759 bits per heavy atom. The molecule has 0 amide bonds. The maximum absolute atomic E-state index is 2.19. The van der Waals surface area contributed by atoms with Gasteiger partial charge in [-0.05, 0) is 34.4 Å². The van der Waals surface area contributed by atoms with E-state index in [9.17, 15) is 0 Å². The van der Waals surface area contributed by atoms with Crippen LogP contribution in [0.2, 0.25) is 0 Å². The molecule has 4 aromatic carbocycles. The van der Waals surface area contributed by atoms with Gasteiger partial charge >= 0.3 is 0 Å². The van der Waals surface area contributed by atoms with Crippen molar-refractivity contribution in [3.63, 3.8) is 0 Å². The Bertz CT molecular complexity index is 1020. The smallest absolute Gasteiger partial charge is 0.0195 e. The zero-order chi connectivity index (χ0) is 19.7. The zero-order valence-corrected chi connectivity index (χ0v) is 16.9. The maximum atomic E-state index is 2.19. The number of hydrogen-bond donors (Lipinski definition) is 0. The van der Waals surface area contributed by atoms with E-state index in [1.54, 1.807) is 0 Å². The Hall–Kier alpha value is -3.29. The summed E-state index contributed by atoms with van der Waals surface area (Å²) in [6.45, 7) is 0. The fourth-order valence-electron chi connectivity index (χ4n) is 3.04. The second-order valence-corrected chi connectivity index (χ2v) is 7.75. The second kappa shape index (κ2) is 9.77. The molecule has 4 rings (SSSR count). The van der Waals surface area contributed by atoms with Crippen molar-refractivity contribution in [2.75, 3.05) is 0 Å². The van der Waals surface area contributed by atoms with Gasteiger partial charge in [-0.2, -0.15) is 0 Å². The first-order chi connectivity index (χ1) is 14.4. The number of hydrogen-bond acceptors (Lipinski definition) is 1. The highest BCUT2D eigenvalue weighted by molar-refractivity contribution is 7.99. The summed E-state index contributed by atoms with van der Waals surface area (Å²) in [6, 6.07) is 37.9. The van der Waals surface area contributed by atoms with Crippen LogP contribution in [0.15, 0.2) is 119 Å². The van der Waals surface area contributed by atoms with Gasteiger partial charge in [0.25, 0.3) is 0 Å². The van der Waals surface area contributed by atoms with Crippen LogP contribution < -0.4 is 0 Å². The van der Waals surface area contributed by atoms with Gasteiger partial charge in [0.05, 0.1) is 0 Å². The van der Waals surface area contributed by atoms with Crippen LogP contribution in [0.25, 0.3) is 24.3 Å². The average molecular weight is 391 g/mol. The summed E-state index contributed by atoms with van der Waals surface area (Å²) in [5.74, 6) is 0. The summed E-state index contributed by atoms with van der Waals surface area (Å²) >= 11 is 1.81. The van der Waals surface area contributed by atoms with Crippen LogP contribution in [-0.2, 0) is 0 Å². The lowest BCUT2D eigenvalue weighted by atomic mass is 10.1. The molecule has 140 valence electrons. The molecule has 4 aromatic rings. The molecule has 0 radical (unpaired) electrons. The van der Waals surface area contributed by atoms with Gasteiger partial charge in [-0.3, -0.25) is 0 Å². The third kappa shape index (κ3) is 5.37. The average Bonchev–Trinajstić information content (AvgIpc) is 2.79. The van der Waals surface area contributed by atoms with E-state index in [4.69, 9.17) is 0 Å². The van der Waals surface area contributed by atoms with E-state index in [0.717, 1.165) is 0 Å². The minimum Gasteiger partial charge on any atom is -0.0888 e. The molecule has 0 aliphatic rings. The van der Waals surface area contributed by atoms with Gasteiger partial charge in [0.2, 0.25) is 0 Å². The Balaban J connectivity index is 1.59. The molecule has 0 unspecified atom stereocenters. The standard InChI is InChI=1S/C28H22S/c1-3-11-23(12-4-1)19-21-25-15-7-9-17-27(25)29-28-18-10-8-16-26(28)22-20-24-13-5-2-6-14-24/h1-22H. The van der Waals surface area contributed by atoms with Crippen molar-refractivity contribution in [1.29, 1.82) is 0 Å². The molecule has 0 saturated carbocycles. The van der Waals surface area contributed by atoms with Crippen LogP contribution in [0, 0.1) is 0 Å². The van der Waals surface area contributed by atoms with Crippen LogP contribution in [0.3, 0.4) is 0 Å². The predicted molar refractivity (Wildman–Crippen MR) is 128 cm³/mol. The number of benzene rings is 4. The lowest BCUT2D eigenvalue weighted by molar-refractivity contribution is 1.37. The topological polar surface area (TPSA) is 0 Å². The van der Waals surface area contributed by atoms with E-state index >= 15 is 0 Å². The van der Waals surface area contributed by atoms with Crippen LogP contribution in [0.4, 0.5) is 0 Å². The summed E-state index contributed by atoms with van der Waals surface area (Å²) < 4.78 is 0. The fraction of sp³-hybridized carbons (Fsp3) is 0. The lowest BCUT2D eigenvalue weighted by Gasteiger charge is -2.09. The largest absolute Gasteiger partial charge is 0.0888 e. The zero-order valence-electron chi connectivity index (χ0n) is 16.1. The summed E-state index contributed by atoms with van der Waals surface area (Å²) in [7, 11) is 0. The normalized spacial score (nSPS) is 11.3. The van der Waals surface area contributed by atoms with Crippen LogP contribution in [-0.4, -0.2) is 0 Å². The molecule has 0 nitrogen and oxygen atoms in total. The first kappa shape index (κ1) is 19.0. The molecule has 0 N–H and O–H groups in total. The fourth-order valence-corrected chi connectivity index (χ4v) is 4.08. The van der Waals surface area contributed by atoms with Crippen LogP contribution in [0.5, 0.6) is 0 Å². The second-order valence-electron chi connectivity index (χ2n) is 6.67. The molecule has 0 aliphatic heterocycles. The highest BCUT2D eigenvalue weighted by Crippen LogP contribution is 2.34. The van der Waals surface area contributed by atoms with Gasteiger partial charge in [0.1, 0.15) is 0 Å². The molecule has 0 spiro atoms. The lowest BCUT2D eigenvalue weighted by Crippen LogP contribution is -1.83. The van der Waals surface area contributed by atoms with E-state index in [1.807, 2.05) is 23.9 Å². The van der Waals surface area contributed by atoms with Gasteiger partial charge in [0, 0.05) is 9.79 Å². The van der Waals surface area contributed by atoms with Crippen molar-refractivity contribution in [3.05, 3.63) is 131 Å². The molecule has 29 heavy (non-hydrogen) atoms. The summed E-state index contributed by atoms with van der Waals surface area (Å²) in [5.41, 5.74) is 4.86. The van der Waals surface area contributed by atoms with E-state index in [-0.39, 0.29) is 0 Å². The summed E-state index contributed by atoms with van der Waals surface area (Å²) in [6.07, 6.45) is 8.72. The van der Waals surface area contributed by atoms with Gasteiger partial charge in [0.15, 0.2) is 0 Å². The van der Waals surface area contributed by atoms with E-state index in [1.165, 1.54) is 32.0 Å². The molecule has 0 bridgehead atoms. The van der Waals surface area contributed by atoms with E-state index < -0.39 is 0 Å².